The highest BCUT2D eigenvalue weighted by Crippen LogP contribution is 2.41. The van der Waals surface area contributed by atoms with E-state index in [0.717, 1.165) is 0 Å². The predicted molar refractivity (Wildman–Crippen MR) is 36.4 cm³/mol. The van der Waals surface area contributed by atoms with Crippen molar-refractivity contribution in [1.29, 1.82) is 0 Å². The van der Waals surface area contributed by atoms with Crippen molar-refractivity contribution in [2.24, 2.45) is 0 Å². The quantitative estimate of drug-likeness (QED) is 0.319. The first-order valence-corrected chi connectivity index (χ1v) is 3.49. The highest BCUT2D eigenvalue weighted by molar-refractivity contribution is 5.73. The fraction of sp³-hybridized carbons (Fsp3) is 0. The number of benzene rings is 1. The Morgan fingerprint density at radius 3 is 1.93 bits per heavy atom. The highest BCUT2D eigenvalue weighted by Gasteiger charge is 2.38. The van der Waals surface area contributed by atoms with Crippen LogP contribution in [0.15, 0.2) is 0 Å². The standard InChI is InChI=1S/C6HF6N3/c7-1-2(8)4(10)6-5(3(1)9)13-15(12)14(6)11/h13H. The summed E-state index contributed by atoms with van der Waals surface area (Å²) in [6.45, 7) is 0. The van der Waals surface area contributed by atoms with Gasteiger partial charge >= 0.3 is 0 Å². The third kappa shape index (κ3) is 1.12. The molecule has 0 saturated heterocycles. The van der Waals surface area contributed by atoms with Gasteiger partial charge in [0.25, 0.3) is 0 Å². The molecule has 0 spiro atoms. The van der Waals surface area contributed by atoms with E-state index < -0.39 is 45.2 Å². The molecule has 0 radical (unpaired) electrons. The summed E-state index contributed by atoms with van der Waals surface area (Å²) in [5.41, 5.74) is -1.23. The van der Waals surface area contributed by atoms with E-state index in [-0.39, 0.29) is 0 Å². The number of hydrogen-bond donors (Lipinski definition) is 1. The maximum Gasteiger partial charge on any atom is 0.199 e. The van der Waals surface area contributed by atoms with Crippen LogP contribution in [0.4, 0.5) is 37.9 Å². The SMILES string of the molecule is Fc1c(F)c(F)c2c(c1F)NN(F)N2F. The fourth-order valence-corrected chi connectivity index (χ4v) is 1.12. The van der Waals surface area contributed by atoms with Crippen molar-refractivity contribution in [3.05, 3.63) is 23.3 Å². The number of nitrogens with one attached hydrogen (secondary N) is 1. The van der Waals surface area contributed by atoms with Gasteiger partial charge in [-0.25, -0.2) is 17.6 Å². The monoisotopic (exact) mass is 229 g/mol. The van der Waals surface area contributed by atoms with E-state index >= 15 is 0 Å². The number of hydrogen-bond acceptors (Lipinski definition) is 3. The van der Waals surface area contributed by atoms with Crippen LogP contribution in [-0.2, 0) is 0 Å². The molecule has 15 heavy (non-hydrogen) atoms. The molecule has 1 aliphatic rings. The Bertz CT molecular complexity index is 436. The molecule has 0 aliphatic carbocycles. The molecule has 0 saturated carbocycles. The zero-order chi connectivity index (χ0) is 11.3. The van der Waals surface area contributed by atoms with Gasteiger partial charge in [-0.2, -0.15) is 0 Å². The maximum absolute atomic E-state index is 12.9. The minimum absolute atomic E-state index is 0.963. The van der Waals surface area contributed by atoms with E-state index in [2.05, 4.69) is 0 Å². The van der Waals surface area contributed by atoms with Gasteiger partial charge in [-0.1, -0.05) is 14.2 Å². The van der Waals surface area contributed by atoms with Crippen LogP contribution in [0, 0.1) is 23.3 Å². The fourth-order valence-electron chi connectivity index (χ4n) is 1.12. The summed E-state index contributed by atoms with van der Waals surface area (Å²) in [5.74, 6) is -8.31. The summed E-state index contributed by atoms with van der Waals surface area (Å²) in [6, 6.07) is 0. The number of rotatable bonds is 0. The van der Waals surface area contributed by atoms with E-state index in [4.69, 9.17) is 0 Å². The second kappa shape index (κ2) is 2.92. The highest BCUT2D eigenvalue weighted by atomic mass is 19.2. The van der Waals surface area contributed by atoms with Crippen LogP contribution in [0.5, 0.6) is 0 Å². The molecule has 3 nitrogen and oxygen atoms in total. The van der Waals surface area contributed by atoms with Crippen molar-refractivity contribution in [2.75, 3.05) is 10.7 Å². The van der Waals surface area contributed by atoms with Gasteiger partial charge in [0.05, 0.1) is 5.34 Å². The van der Waals surface area contributed by atoms with Gasteiger partial charge in [0.2, 0.25) is 0 Å². The lowest BCUT2D eigenvalue weighted by Crippen LogP contribution is -2.27. The number of hydrazine groups is 2. The molecule has 0 atom stereocenters. The average molecular weight is 229 g/mol. The van der Waals surface area contributed by atoms with Crippen LogP contribution in [0.25, 0.3) is 0 Å². The summed E-state index contributed by atoms with van der Waals surface area (Å²) in [6.07, 6.45) is 0. The van der Waals surface area contributed by atoms with E-state index in [1.807, 2.05) is 0 Å². The second-order valence-corrected chi connectivity index (χ2v) is 2.61. The van der Waals surface area contributed by atoms with Crippen molar-refractivity contribution >= 4 is 11.4 Å². The van der Waals surface area contributed by atoms with Gasteiger partial charge in [0.15, 0.2) is 29.0 Å². The minimum atomic E-state index is -2.22. The van der Waals surface area contributed by atoms with E-state index in [1.165, 1.54) is 5.43 Å². The third-order valence-corrected chi connectivity index (χ3v) is 1.79. The molecule has 0 aromatic heterocycles. The molecule has 1 aromatic carbocycles. The Morgan fingerprint density at radius 2 is 1.33 bits per heavy atom. The van der Waals surface area contributed by atoms with Gasteiger partial charge in [-0.05, 0) is 0 Å². The van der Waals surface area contributed by atoms with Crippen molar-refractivity contribution in [3.8, 4) is 0 Å². The zero-order valence-electron chi connectivity index (χ0n) is 6.66. The topological polar surface area (TPSA) is 18.5 Å². The van der Waals surface area contributed by atoms with Gasteiger partial charge in [-0.15, -0.1) is 0 Å². The Morgan fingerprint density at radius 1 is 0.800 bits per heavy atom. The molecule has 0 unspecified atom stereocenters. The van der Waals surface area contributed by atoms with E-state index in [9.17, 15) is 26.5 Å². The summed E-state index contributed by atoms with van der Waals surface area (Å²) in [7, 11) is 0. The first-order chi connectivity index (χ1) is 6.95. The lowest BCUT2D eigenvalue weighted by molar-refractivity contribution is -0.00522. The van der Waals surface area contributed by atoms with Gasteiger partial charge < -0.3 is 0 Å². The molecule has 82 valence electrons. The molecular formula is C6HF6N3. The smallest absolute Gasteiger partial charge is 0.199 e. The van der Waals surface area contributed by atoms with Crippen molar-refractivity contribution < 1.29 is 26.5 Å². The average Bonchev–Trinajstić information content (AvgIpc) is 2.50. The van der Waals surface area contributed by atoms with Crippen LogP contribution in [-0.4, -0.2) is 5.34 Å². The van der Waals surface area contributed by atoms with Gasteiger partial charge in [0.1, 0.15) is 5.69 Å². The largest absolute Gasteiger partial charge is 0.265 e. The van der Waals surface area contributed by atoms with E-state index in [1.54, 1.807) is 0 Å². The molecule has 0 bridgehead atoms. The van der Waals surface area contributed by atoms with Crippen LogP contribution in [0.1, 0.15) is 0 Å². The van der Waals surface area contributed by atoms with Gasteiger partial charge in [-0.3, -0.25) is 5.43 Å². The number of nitrogens with zero attached hydrogens (tertiary/aromatic N) is 2. The van der Waals surface area contributed by atoms with Crippen LogP contribution >= 0.6 is 0 Å². The summed E-state index contributed by atoms with van der Waals surface area (Å²) in [4.78, 5) is 0. The van der Waals surface area contributed by atoms with Crippen LogP contribution in [0.3, 0.4) is 0 Å². The minimum Gasteiger partial charge on any atom is -0.265 e. The maximum atomic E-state index is 12.9. The first kappa shape index (κ1) is 9.90. The third-order valence-electron chi connectivity index (χ3n) is 1.79. The van der Waals surface area contributed by atoms with Crippen LogP contribution < -0.4 is 10.7 Å². The number of fused-ring (bicyclic) bond motifs is 1. The van der Waals surface area contributed by atoms with Gasteiger partial charge in [0, 0.05) is 0 Å². The molecule has 1 aromatic rings. The Balaban J connectivity index is 2.75. The van der Waals surface area contributed by atoms with Crippen molar-refractivity contribution in [3.63, 3.8) is 0 Å². The van der Waals surface area contributed by atoms with Crippen LogP contribution in [0.2, 0.25) is 0 Å². The molecule has 0 fully saturated rings. The Kier molecular flexibility index (Phi) is 1.93. The number of halogens is 6. The summed E-state index contributed by atoms with van der Waals surface area (Å²) < 4.78 is 76.0. The summed E-state index contributed by atoms with van der Waals surface area (Å²) in [5, 5.41) is -1.99. The Labute approximate surface area is 78.3 Å². The first-order valence-electron chi connectivity index (χ1n) is 3.49. The van der Waals surface area contributed by atoms with Crippen molar-refractivity contribution in [2.45, 2.75) is 0 Å². The molecular weight excluding hydrogens is 228 g/mol. The molecule has 1 aliphatic heterocycles. The number of anilines is 2. The lowest BCUT2D eigenvalue weighted by Gasteiger charge is -2.08. The second-order valence-electron chi connectivity index (χ2n) is 2.61. The lowest BCUT2D eigenvalue weighted by atomic mass is 10.2. The molecule has 1 N–H and O–H groups in total. The van der Waals surface area contributed by atoms with Crippen molar-refractivity contribution in [1.82, 2.24) is 5.34 Å². The summed E-state index contributed by atoms with van der Waals surface area (Å²) >= 11 is 0. The molecule has 9 heteroatoms. The predicted octanol–water partition coefficient (Wildman–Crippen LogP) is 2.38. The van der Waals surface area contributed by atoms with E-state index in [0.29, 0.717) is 0 Å². The normalized spacial score (nSPS) is 15.5. The molecule has 1 heterocycles. The Hall–Kier alpha value is -1.64. The molecule has 0 amide bonds. The molecule has 2 rings (SSSR count). The zero-order valence-corrected chi connectivity index (χ0v) is 6.66.